The third kappa shape index (κ3) is 6.19. The van der Waals surface area contributed by atoms with Crippen LogP contribution < -0.4 is 16.4 Å². The first-order valence-electron chi connectivity index (χ1n) is 15.0. The summed E-state index contributed by atoms with van der Waals surface area (Å²) in [4.78, 5) is 29.6. The number of nitrogens with zero attached hydrogens (tertiary/aromatic N) is 5. The fraction of sp³-hybridized carbons (Fsp3) is 0.600. The summed E-state index contributed by atoms with van der Waals surface area (Å²) in [6.45, 7) is 1.53. The molecule has 208 valence electrons. The zero-order valence-corrected chi connectivity index (χ0v) is 22.9. The maximum atomic E-state index is 12.8. The van der Waals surface area contributed by atoms with E-state index in [0.717, 1.165) is 75.0 Å². The van der Waals surface area contributed by atoms with Crippen LogP contribution in [0.5, 0.6) is 0 Å². The molecule has 3 aliphatic rings. The molecule has 0 radical (unpaired) electrons. The molecule has 9 nitrogen and oxygen atoms in total. The molecule has 9 heteroatoms. The largest absolute Gasteiger partial charge is 0.365 e. The van der Waals surface area contributed by atoms with Crippen LogP contribution in [0, 0.1) is 0 Å². The summed E-state index contributed by atoms with van der Waals surface area (Å²) in [5, 5.41) is 7.32. The minimum atomic E-state index is 0.246. The molecule has 3 aromatic rings. The van der Waals surface area contributed by atoms with Crippen LogP contribution in [-0.4, -0.2) is 61.5 Å². The summed E-state index contributed by atoms with van der Waals surface area (Å²) in [6.07, 6.45) is 14.2. The molecule has 0 spiro atoms. The fourth-order valence-electron chi connectivity index (χ4n) is 6.50. The smallest absolute Gasteiger partial charge is 0.227 e. The van der Waals surface area contributed by atoms with Crippen LogP contribution in [0.1, 0.15) is 82.2 Å². The second kappa shape index (κ2) is 11.9. The number of imidazole rings is 1. The van der Waals surface area contributed by atoms with Crippen molar-refractivity contribution >= 4 is 28.8 Å². The lowest BCUT2D eigenvalue weighted by atomic mass is 9.92. The van der Waals surface area contributed by atoms with Gasteiger partial charge in [-0.25, -0.2) is 4.98 Å². The molecule has 3 heterocycles. The summed E-state index contributed by atoms with van der Waals surface area (Å²) in [5.41, 5.74) is 9.12. The predicted octanol–water partition coefficient (Wildman–Crippen LogP) is 4.66. The number of aromatic nitrogens is 4. The molecule has 0 unspecified atom stereocenters. The Bertz CT molecular complexity index is 1240. The average molecular weight is 531 g/mol. The van der Waals surface area contributed by atoms with E-state index in [4.69, 9.17) is 20.7 Å². The molecule has 3 fully saturated rings. The van der Waals surface area contributed by atoms with Gasteiger partial charge in [0.15, 0.2) is 17.0 Å². The molecule has 0 atom stereocenters. The Morgan fingerprint density at radius 1 is 0.897 bits per heavy atom. The molecule has 6 rings (SSSR count). The Morgan fingerprint density at radius 2 is 1.62 bits per heavy atom. The second-order valence-corrected chi connectivity index (χ2v) is 11.7. The Balaban J connectivity index is 1.13. The van der Waals surface area contributed by atoms with Gasteiger partial charge in [0.2, 0.25) is 11.9 Å². The highest BCUT2D eigenvalue weighted by Gasteiger charge is 2.27. The van der Waals surface area contributed by atoms with E-state index < -0.39 is 0 Å². The molecule has 2 aliphatic carbocycles. The van der Waals surface area contributed by atoms with Gasteiger partial charge in [-0.15, -0.1) is 0 Å². The van der Waals surface area contributed by atoms with Gasteiger partial charge in [0, 0.05) is 43.7 Å². The number of piperidine rings is 1. The summed E-state index contributed by atoms with van der Waals surface area (Å²) in [6, 6.07) is 11.6. The zero-order valence-electron chi connectivity index (χ0n) is 22.9. The van der Waals surface area contributed by atoms with Crippen LogP contribution in [0.25, 0.3) is 11.2 Å². The van der Waals surface area contributed by atoms with Crippen molar-refractivity contribution in [1.29, 1.82) is 0 Å². The molecule has 2 aromatic heterocycles. The SMILES string of the molecule is NC1CCC(Nc2nc(NC3CCN(C(=O)CCc4ccccc4)CC3)c3ncn(C4CCCC4)c3n2)CC1. The van der Waals surface area contributed by atoms with Gasteiger partial charge >= 0.3 is 0 Å². The number of rotatable bonds is 8. The van der Waals surface area contributed by atoms with E-state index in [1.807, 2.05) is 29.4 Å². The van der Waals surface area contributed by atoms with Gasteiger partial charge in [0.1, 0.15) is 0 Å². The van der Waals surface area contributed by atoms with Crippen molar-refractivity contribution in [2.75, 3.05) is 23.7 Å². The molecule has 0 bridgehead atoms. The van der Waals surface area contributed by atoms with Crippen LogP contribution in [0.2, 0.25) is 0 Å². The van der Waals surface area contributed by atoms with Crippen LogP contribution >= 0.6 is 0 Å². The van der Waals surface area contributed by atoms with Crippen molar-refractivity contribution in [2.45, 2.75) is 101 Å². The highest BCUT2D eigenvalue weighted by atomic mass is 16.2. The Kier molecular flexibility index (Phi) is 7.95. The van der Waals surface area contributed by atoms with Gasteiger partial charge in [0.05, 0.1) is 6.33 Å². The van der Waals surface area contributed by atoms with E-state index >= 15 is 0 Å². The number of hydrogen-bond acceptors (Lipinski definition) is 7. The molecule has 1 aromatic carbocycles. The third-order valence-electron chi connectivity index (χ3n) is 8.90. The number of anilines is 2. The lowest BCUT2D eigenvalue weighted by Gasteiger charge is -2.33. The first-order chi connectivity index (χ1) is 19.1. The van der Waals surface area contributed by atoms with Crippen LogP contribution in [0.3, 0.4) is 0 Å². The van der Waals surface area contributed by atoms with Crippen molar-refractivity contribution in [3.63, 3.8) is 0 Å². The number of nitrogens with two attached hydrogens (primary N) is 1. The molecule has 1 amide bonds. The average Bonchev–Trinajstić information content (AvgIpc) is 3.64. The van der Waals surface area contributed by atoms with E-state index in [0.29, 0.717) is 30.5 Å². The summed E-state index contributed by atoms with van der Waals surface area (Å²) in [7, 11) is 0. The summed E-state index contributed by atoms with van der Waals surface area (Å²) in [5.74, 6) is 1.73. The standard InChI is InChI=1S/C30H42N8O/c31-22-11-13-23(14-12-22)34-30-35-28(27-29(36-30)38(20-32-27)25-8-4-5-9-25)33-24-16-18-37(19-17-24)26(39)15-10-21-6-2-1-3-7-21/h1-3,6-7,20,22-25H,4-5,8-19,31H2,(H2,33,34,35,36). The van der Waals surface area contributed by atoms with E-state index in [1.165, 1.54) is 31.2 Å². The van der Waals surface area contributed by atoms with Gasteiger partial charge in [-0.3, -0.25) is 4.79 Å². The summed E-state index contributed by atoms with van der Waals surface area (Å²) >= 11 is 0. The number of likely N-dealkylation sites (tertiary alicyclic amines) is 1. The van der Waals surface area contributed by atoms with Gasteiger partial charge < -0.3 is 25.8 Å². The topological polar surface area (TPSA) is 114 Å². The summed E-state index contributed by atoms with van der Waals surface area (Å²) < 4.78 is 2.27. The highest BCUT2D eigenvalue weighted by molar-refractivity contribution is 5.84. The number of benzene rings is 1. The molecule has 1 saturated heterocycles. The van der Waals surface area contributed by atoms with Crippen LogP contribution in [0.4, 0.5) is 11.8 Å². The van der Waals surface area contributed by atoms with E-state index in [2.05, 4.69) is 27.3 Å². The molecule has 39 heavy (non-hydrogen) atoms. The molecule has 4 N–H and O–H groups in total. The Hall–Kier alpha value is -3.20. The van der Waals surface area contributed by atoms with Gasteiger partial charge in [0.25, 0.3) is 0 Å². The van der Waals surface area contributed by atoms with Gasteiger partial charge in [-0.05, 0) is 63.4 Å². The molecular formula is C30H42N8O. The maximum Gasteiger partial charge on any atom is 0.227 e. The number of hydrogen-bond donors (Lipinski definition) is 3. The molecular weight excluding hydrogens is 488 g/mol. The second-order valence-electron chi connectivity index (χ2n) is 11.7. The lowest BCUT2D eigenvalue weighted by Crippen LogP contribution is -2.42. The lowest BCUT2D eigenvalue weighted by molar-refractivity contribution is -0.132. The van der Waals surface area contributed by atoms with E-state index in [9.17, 15) is 4.79 Å². The first-order valence-corrected chi connectivity index (χ1v) is 15.0. The van der Waals surface area contributed by atoms with Crippen molar-refractivity contribution in [1.82, 2.24) is 24.4 Å². The number of amides is 1. The molecule has 1 aliphatic heterocycles. The third-order valence-corrected chi connectivity index (χ3v) is 8.90. The quantitative estimate of drug-likeness (QED) is 0.388. The maximum absolute atomic E-state index is 12.8. The fourth-order valence-corrected chi connectivity index (χ4v) is 6.50. The van der Waals surface area contributed by atoms with Crippen LogP contribution in [-0.2, 0) is 11.2 Å². The Morgan fingerprint density at radius 3 is 2.36 bits per heavy atom. The van der Waals surface area contributed by atoms with Crippen LogP contribution in [0.15, 0.2) is 36.7 Å². The van der Waals surface area contributed by atoms with Gasteiger partial charge in [-0.2, -0.15) is 9.97 Å². The number of nitrogens with one attached hydrogen (secondary N) is 2. The number of fused-ring (bicyclic) bond motifs is 1. The number of carbonyl (C=O) groups excluding carboxylic acids is 1. The van der Waals surface area contributed by atoms with Crippen molar-refractivity contribution in [3.05, 3.63) is 42.2 Å². The number of carbonyl (C=O) groups is 1. The van der Waals surface area contributed by atoms with Crippen molar-refractivity contribution in [3.8, 4) is 0 Å². The Labute approximate surface area is 231 Å². The van der Waals surface area contributed by atoms with E-state index in [1.54, 1.807) is 0 Å². The minimum Gasteiger partial charge on any atom is -0.365 e. The zero-order chi connectivity index (χ0) is 26.6. The first kappa shape index (κ1) is 26.0. The molecule has 2 saturated carbocycles. The normalized spacial score (nSPS) is 22.8. The monoisotopic (exact) mass is 530 g/mol. The number of aryl methyl sites for hydroxylation is 1. The van der Waals surface area contributed by atoms with E-state index in [-0.39, 0.29) is 11.9 Å². The highest BCUT2D eigenvalue weighted by Crippen LogP contribution is 2.34. The van der Waals surface area contributed by atoms with Crippen molar-refractivity contribution in [2.24, 2.45) is 5.73 Å². The minimum absolute atomic E-state index is 0.246. The van der Waals surface area contributed by atoms with Gasteiger partial charge in [-0.1, -0.05) is 43.2 Å². The predicted molar refractivity (Wildman–Crippen MR) is 155 cm³/mol. The van der Waals surface area contributed by atoms with Crippen molar-refractivity contribution < 1.29 is 4.79 Å².